The predicted octanol–water partition coefficient (Wildman–Crippen LogP) is 2.13. The summed E-state index contributed by atoms with van der Waals surface area (Å²) in [5, 5.41) is 8.53. The Labute approximate surface area is 106 Å². The summed E-state index contributed by atoms with van der Waals surface area (Å²) in [4.78, 5) is 0. The van der Waals surface area contributed by atoms with Crippen molar-refractivity contribution in [2.24, 2.45) is 7.05 Å². The lowest BCUT2D eigenvalue weighted by atomic mass is 10.3. The minimum absolute atomic E-state index is 0.303. The Morgan fingerprint density at radius 1 is 1.44 bits per heavy atom. The summed E-state index contributed by atoms with van der Waals surface area (Å²) < 4.78 is 9.23. The number of nitrogens with zero attached hydrogens (tertiary/aromatic N) is 4. The smallest absolute Gasteiger partial charge is 0.241 e. The third-order valence-electron chi connectivity index (χ3n) is 2.76. The minimum atomic E-state index is 0.303. The van der Waals surface area contributed by atoms with Crippen LogP contribution in [0.4, 0.5) is 5.69 Å². The van der Waals surface area contributed by atoms with Crippen LogP contribution in [-0.4, -0.2) is 19.6 Å². The molecule has 2 aromatic heterocycles. The van der Waals surface area contributed by atoms with Crippen LogP contribution in [0.2, 0.25) is 0 Å². The molecule has 6 nitrogen and oxygen atoms in total. The van der Waals surface area contributed by atoms with Crippen LogP contribution in [0.15, 0.2) is 12.4 Å². The van der Waals surface area contributed by atoms with E-state index >= 15 is 0 Å². The van der Waals surface area contributed by atoms with Gasteiger partial charge in [0, 0.05) is 13.1 Å². The molecular weight excluding hydrogens is 230 g/mol. The zero-order valence-electron chi connectivity index (χ0n) is 11.2. The zero-order valence-corrected chi connectivity index (χ0v) is 11.2. The summed E-state index contributed by atoms with van der Waals surface area (Å²) >= 11 is 0. The molecule has 0 radical (unpaired) electrons. The monoisotopic (exact) mass is 249 g/mol. The molecule has 0 aliphatic heterocycles. The molecule has 0 aliphatic rings. The number of hydrogen-bond donors (Lipinski definition) is 1. The van der Waals surface area contributed by atoms with Crippen LogP contribution in [0, 0.1) is 0 Å². The Hall–Kier alpha value is -1.98. The summed E-state index contributed by atoms with van der Waals surface area (Å²) in [5.41, 5.74) is 7.44. The highest BCUT2D eigenvalue weighted by molar-refractivity contribution is 5.54. The molecule has 0 atom stereocenters. The Morgan fingerprint density at radius 2 is 2.17 bits per heavy atom. The zero-order chi connectivity index (χ0) is 13.3. The first-order chi connectivity index (χ1) is 8.52. The van der Waals surface area contributed by atoms with Crippen molar-refractivity contribution in [3.63, 3.8) is 0 Å². The van der Waals surface area contributed by atoms with E-state index in [1.54, 1.807) is 10.9 Å². The van der Waals surface area contributed by atoms with Gasteiger partial charge in [0.25, 0.3) is 0 Å². The van der Waals surface area contributed by atoms with E-state index in [0.29, 0.717) is 23.4 Å². The number of nitrogens with two attached hydrogens (primary N) is 1. The fraction of sp³-hybridized carbons (Fsp3) is 0.500. The van der Waals surface area contributed by atoms with Gasteiger partial charge >= 0.3 is 0 Å². The summed E-state index contributed by atoms with van der Waals surface area (Å²) in [7, 11) is 1.82. The standard InChI is InChI=1S/C12H19N5O/c1-5-10-11(13)12(16(4)15-10)18-9-6-14-17(7-9)8(2)3/h6-8H,5,13H2,1-4H3. The Bertz CT molecular complexity index is 541. The average molecular weight is 249 g/mol. The van der Waals surface area contributed by atoms with Crippen molar-refractivity contribution in [2.75, 3.05) is 5.73 Å². The Morgan fingerprint density at radius 3 is 2.67 bits per heavy atom. The van der Waals surface area contributed by atoms with E-state index in [1.165, 1.54) is 0 Å². The lowest BCUT2D eigenvalue weighted by Gasteiger charge is -2.05. The topological polar surface area (TPSA) is 70.9 Å². The lowest BCUT2D eigenvalue weighted by molar-refractivity contribution is 0.430. The van der Waals surface area contributed by atoms with Crippen molar-refractivity contribution in [2.45, 2.75) is 33.2 Å². The van der Waals surface area contributed by atoms with Gasteiger partial charge in [0.1, 0.15) is 5.69 Å². The van der Waals surface area contributed by atoms with Gasteiger partial charge < -0.3 is 10.5 Å². The molecule has 6 heteroatoms. The van der Waals surface area contributed by atoms with Gasteiger partial charge in [-0.05, 0) is 20.3 Å². The van der Waals surface area contributed by atoms with Crippen LogP contribution in [0.1, 0.15) is 32.5 Å². The molecule has 0 spiro atoms. The summed E-state index contributed by atoms with van der Waals surface area (Å²) in [6, 6.07) is 0.303. The van der Waals surface area contributed by atoms with Crippen molar-refractivity contribution >= 4 is 5.69 Å². The van der Waals surface area contributed by atoms with Gasteiger partial charge in [-0.3, -0.25) is 4.68 Å². The van der Waals surface area contributed by atoms with Crippen molar-refractivity contribution in [3.05, 3.63) is 18.1 Å². The van der Waals surface area contributed by atoms with Gasteiger partial charge in [0.05, 0.1) is 18.1 Å². The summed E-state index contributed by atoms with van der Waals surface area (Å²) in [5.74, 6) is 1.23. The molecule has 0 fully saturated rings. The number of anilines is 1. The first-order valence-electron chi connectivity index (χ1n) is 6.06. The highest BCUT2D eigenvalue weighted by Crippen LogP contribution is 2.29. The van der Waals surface area contributed by atoms with Gasteiger partial charge in [-0.1, -0.05) is 6.92 Å². The van der Waals surface area contributed by atoms with Gasteiger partial charge in [0.15, 0.2) is 5.75 Å². The summed E-state index contributed by atoms with van der Waals surface area (Å²) in [6.45, 7) is 6.13. The summed E-state index contributed by atoms with van der Waals surface area (Å²) in [6.07, 6.45) is 4.31. The molecule has 18 heavy (non-hydrogen) atoms. The average Bonchev–Trinajstić information content (AvgIpc) is 2.89. The fourth-order valence-corrected chi connectivity index (χ4v) is 1.73. The molecule has 98 valence electrons. The second-order valence-corrected chi connectivity index (χ2v) is 4.49. The molecule has 0 saturated carbocycles. The molecule has 0 aromatic carbocycles. The number of nitrogen functional groups attached to an aromatic ring is 1. The third-order valence-corrected chi connectivity index (χ3v) is 2.76. The van der Waals surface area contributed by atoms with Crippen molar-refractivity contribution in [3.8, 4) is 11.6 Å². The molecule has 2 rings (SSSR count). The van der Waals surface area contributed by atoms with E-state index in [9.17, 15) is 0 Å². The van der Waals surface area contributed by atoms with Gasteiger partial charge in [-0.15, -0.1) is 0 Å². The van der Waals surface area contributed by atoms with Crippen LogP contribution >= 0.6 is 0 Å². The molecule has 2 heterocycles. The number of aromatic nitrogens is 4. The van der Waals surface area contributed by atoms with Crippen LogP contribution in [0.25, 0.3) is 0 Å². The van der Waals surface area contributed by atoms with Crippen molar-refractivity contribution < 1.29 is 4.74 Å². The number of hydrogen-bond acceptors (Lipinski definition) is 4. The van der Waals surface area contributed by atoms with Crippen LogP contribution < -0.4 is 10.5 Å². The van der Waals surface area contributed by atoms with Crippen LogP contribution in [0.3, 0.4) is 0 Å². The van der Waals surface area contributed by atoms with E-state index < -0.39 is 0 Å². The number of ether oxygens (including phenoxy) is 1. The Kier molecular flexibility index (Phi) is 3.27. The van der Waals surface area contributed by atoms with Gasteiger partial charge in [0.2, 0.25) is 5.88 Å². The third kappa shape index (κ3) is 2.18. The maximum absolute atomic E-state index is 5.99. The van der Waals surface area contributed by atoms with E-state index in [2.05, 4.69) is 24.0 Å². The highest BCUT2D eigenvalue weighted by atomic mass is 16.5. The first kappa shape index (κ1) is 12.5. The first-order valence-corrected chi connectivity index (χ1v) is 6.06. The number of aryl methyl sites for hydroxylation is 2. The molecule has 0 amide bonds. The van der Waals surface area contributed by atoms with Crippen molar-refractivity contribution in [1.82, 2.24) is 19.6 Å². The predicted molar refractivity (Wildman–Crippen MR) is 69.7 cm³/mol. The molecule has 2 aromatic rings. The quantitative estimate of drug-likeness (QED) is 0.901. The van der Waals surface area contributed by atoms with E-state index in [-0.39, 0.29) is 0 Å². The minimum Gasteiger partial charge on any atom is -0.434 e. The Balaban J connectivity index is 2.25. The lowest BCUT2D eigenvalue weighted by Crippen LogP contribution is -2.00. The second-order valence-electron chi connectivity index (χ2n) is 4.49. The van der Waals surface area contributed by atoms with Crippen LogP contribution in [0.5, 0.6) is 11.6 Å². The normalized spacial score (nSPS) is 11.2. The molecule has 0 unspecified atom stereocenters. The van der Waals surface area contributed by atoms with E-state index in [0.717, 1.165) is 12.1 Å². The second kappa shape index (κ2) is 4.72. The van der Waals surface area contributed by atoms with Gasteiger partial charge in [-0.2, -0.15) is 10.2 Å². The maximum atomic E-state index is 5.99. The number of rotatable bonds is 4. The molecular formula is C12H19N5O. The SMILES string of the molecule is CCc1nn(C)c(Oc2cnn(C(C)C)c2)c1N. The molecule has 2 N–H and O–H groups in total. The van der Waals surface area contributed by atoms with E-state index in [4.69, 9.17) is 10.5 Å². The van der Waals surface area contributed by atoms with E-state index in [1.807, 2.05) is 24.9 Å². The molecule has 0 aliphatic carbocycles. The molecule has 0 bridgehead atoms. The highest BCUT2D eigenvalue weighted by Gasteiger charge is 2.15. The van der Waals surface area contributed by atoms with Crippen LogP contribution in [-0.2, 0) is 13.5 Å². The largest absolute Gasteiger partial charge is 0.434 e. The van der Waals surface area contributed by atoms with Gasteiger partial charge in [-0.25, -0.2) is 4.68 Å². The fourth-order valence-electron chi connectivity index (χ4n) is 1.73. The maximum Gasteiger partial charge on any atom is 0.241 e. The van der Waals surface area contributed by atoms with Crippen molar-refractivity contribution in [1.29, 1.82) is 0 Å². The molecule has 0 saturated heterocycles.